The van der Waals surface area contributed by atoms with Gasteiger partial charge in [0.05, 0.1) is 18.8 Å². The number of rotatable bonds is 9. The van der Waals surface area contributed by atoms with Crippen molar-refractivity contribution >= 4 is 0 Å². The summed E-state index contributed by atoms with van der Waals surface area (Å²) in [5.74, 6) is 0.835. The molecule has 114 valence electrons. The first-order valence-electron chi connectivity index (χ1n) is 7.75. The second-order valence-electron chi connectivity index (χ2n) is 5.74. The average molecular weight is 273 g/mol. The molecule has 1 aliphatic carbocycles. The van der Waals surface area contributed by atoms with Crippen LogP contribution in [0.1, 0.15) is 52.4 Å². The van der Waals surface area contributed by atoms with E-state index in [1.54, 1.807) is 0 Å². The van der Waals surface area contributed by atoms with E-state index in [0.29, 0.717) is 26.4 Å². The van der Waals surface area contributed by atoms with Gasteiger partial charge in [-0.1, -0.05) is 19.8 Å². The molecule has 19 heavy (non-hydrogen) atoms. The molecule has 0 aromatic carbocycles. The van der Waals surface area contributed by atoms with Crippen molar-refractivity contribution in [2.24, 2.45) is 11.7 Å². The van der Waals surface area contributed by atoms with Crippen LogP contribution in [0.3, 0.4) is 0 Å². The van der Waals surface area contributed by atoms with Gasteiger partial charge in [-0.05, 0) is 38.5 Å². The summed E-state index contributed by atoms with van der Waals surface area (Å²) in [6.45, 7) is 6.01. The van der Waals surface area contributed by atoms with E-state index in [9.17, 15) is 5.11 Å². The summed E-state index contributed by atoms with van der Waals surface area (Å²) in [4.78, 5) is 0. The van der Waals surface area contributed by atoms with Crippen LogP contribution in [0, 0.1) is 5.92 Å². The molecule has 0 heterocycles. The third kappa shape index (κ3) is 5.78. The summed E-state index contributed by atoms with van der Waals surface area (Å²) in [5, 5.41) is 9.77. The van der Waals surface area contributed by atoms with Gasteiger partial charge in [-0.3, -0.25) is 0 Å². The monoisotopic (exact) mass is 273 g/mol. The van der Waals surface area contributed by atoms with Crippen molar-refractivity contribution < 1.29 is 14.6 Å². The van der Waals surface area contributed by atoms with Gasteiger partial charge in [0.15, 0.2) is 0 Å². The molecule has 0 spiro atoms. The van der Waals surface area contributed by atoms with E-state index in [1.807, 2.05) is 6.92 Å². The van der Waals surface area contributed by atoms with Crippen molar-refractivity contribution in [3.63, 3.8) is 0 Å². The first kappa shape index (κ1) is 16.9. The lowest BCUT2D eigenvalue weighted by atomic mass is 9.77. The van der Waals surface area contributed by atoms with Crippen LogP contribution in [0.5, 0.6) is 0 Å². The molecule has 0 aliphatic heterocycles. The standard InChI is InChI=1S/C15H31NO3/c1-3-5-13-6-8-15(12-16,9-7-13)19-11-14(17)10-18-4-2/h13-14,17H,3-12,16H2,1-2H3. The topological polar surface area (TPSA) is 64.7 Å². The molecule has 4 nitrogen and oxygen atoms in total. The quantitative estimate of drug-likeness (QED) is 0.675. The fourth-order valence-electron chi connectivity index (χ4n) is 2.88. The van der Waals surface area contributed by atoms with Gasteiger partial charge in [-0.25, -0.2) is 0 Å². The van der Waals surface area contributed by atoms with E-state index in [0.717, 1.165) is 18.8 Å². The van der Waals surface area contributed by atoms with E-state index < -0.39 is 6.10 Å². The number of ether oxygens (including phenoxy) is 2. The minimum Gasteiger partial charge on any atom is -0.388 e. The van der Waals surface area contributed by atoms with Gasteiger partial charge in [-0.2, -0.15) is 0 Å². The molecular formula is C15H31NO3. The number of hydrogen-bond acceptors (Lipinski definition) is 4. The summed E-state index contributed by atoms with van der Waals surface area (Å²) in [6, 6.07) is 0. The predicted octanol–water partition coefficient (Wildman–Crippen LogP) is 2.09. The SMILES string of the molecule is CCCC1CCC(CN)(OCC(O)COCC)CC1. The van der Waals surface area contributed by atoms with Gasteiger partial charge in [0.25, 0.3) is 0 Å². The highest BCUT2D eigenvalue weighted by molar-refractivity contribution is 4.88. The maximum absolute atomic E-state index is 9.77. The minimum atomic E-state index is -0.545. The van der Waals surface area contributed by atoms with Gasteiger partial charge in [0, 0.05) is 13.2 Å². The molecule has 0 aromatic rings. The van der Waals surface area contributed by atoms with Gasteiger partial charge in [0.1, 0.15) is 6.10 Å². The first-order chi connectivity index (χ1) is 9.15. The largest absolute Gasteiger partial charge is 0.388 e. The van der Waals surface area contributed by atoms with E-state index in [1.165, 1.54) is 25.7 Å². The maximum atomic E-state index is 9.77. The Hall–Kier alpha value is -0.160. The van der Waals surface area contributed by atoms with Gasteiger partial charge in [0.2, 0.25) is 0 Å². The summed E-state index contributed by atoms with van der Waals surface area (Å²) in [6.07, 6.45) is 6.48. The number of aliphatic hydroxyl groups excluding tert-OH is 1. The second-order valence-corrected chi connectivity index (χ2v) is 5.74. The Kier molecular flexibility index (Phi) is 7.91. The summed E-state index contributed by atoms with van der Waals surface area (Å²) in [5.41, 5.74) is 5.70. The minimum absolute atomic E-state index is 0.211. The van der Waals surface area contributed by atoms with Gasteiger partial charge < -0.3 is 20.3 Å². The molecule has 1 atom stereocenters. The molecule has 1 saturated carbocycles. The Balaban J connectivity index is 2.32. The maximum Gasteiger partial charge on any atom is 0.101 e. The molecule has 0 radical (unpaired) electrons. The number of hydrogen-bond donors (Lipinski definition) is 2. The number of nitrogens with two attached hydrogens (primary N) is 1. The normalized spacial score (nSPS) is 29.4. The molecule has 1 fully saturated rings. The lowest BCUT2D eigenvalue weighted by molar-refractivity contribution is -0.110. The number of aliphatic hydroxyl groups is 1. The van der Waals surface area contributed by atoms with Crippen LogP contribution < -0.4 is 5.73 Å². The van der Waals surface area contributed by atoms with Crippen molar-refractivity contribution in [2.45, 2.75) is 64.1 Å². The Bertz CT molecular complexity index is 227. The summed E-state index contributed by atoms with van der Waals surface area (Å²) < 4.78 is 11.1. The molecule has 0 amide bonds. The summed E-state index contributed by atoms with van der Waals surface area (Å²) >= 11 is 0. The Morgan fingerprint density at radius 1 is 1.26 bits per heavy atom. The van der Waals surface area contributed by atoms with Crippen LogP contribution in [0.25, 0.3) is 0 Å². The molecular weight excluding hydrogens is 242 g/mol. The highest BCUT2D eigenvalue weighted by atomic mass is 16.5. The second kappa shape index (κ2) is 8.90. The summed E-state index contributed by atoms with van der Waals surface area (Å²) in [7, 11) is 0. The van der Waals surface area contributed by atoms with Crippen LogP contribution in [0.15, 0.2) is 0 Å². The van der Waals surface area contributed by atoms with Crippen molar-refractivity contribution in [1.29, 1.82) is 0 Å². The first-order valence-corrected chi connectivity index (χ1v) is 7.75. The molecule has 4 heteroatoms. The van der Waals surface area contributed by atoms with E-state index in [4.69, 9.17) is 15.2 Å². The molecule has 3 N–H and O–H groups in total. The molecule has 1 aliphatic rings. The van der Waals surface area contributed by atoms with Crippen molar-refractivity contribution in [3.05, 3.63) is 0 Å². The zero-order valence-electron chi connectivity index (χ0n) is 12.6. The fourth-order valence-corrected chi connectivity index (χ4v) is 2.88. The van der Waals surface area contributed by atoms with Crippen LogP contribution in [0.2, 0.25) is 0 Å². The van der Waals surface area contributed by atoms with Crippen LogP contribution in [-0.4, -0.2) is 43.2 Å². The van der Waals surface area contributed by atoms with Crippen LogP contribution >= 0.6 is 0 Å². The fraction of sp³-hybridized carbons (Fsp3) is 1.00. The van der Waals surface area contributed by atoms with Crippen molar-refractivity contribution in [1.82, 2.24) is 0 Å². The van der Waals surface area contributed by atoms with Gasteiger partial charge >= 0.3 is 0 Å². The lowest BCUT2D eigenvalue weighted by Gasteiger charge is -2.39. The van der Waals surface area contributed by atoms with E-state index >= 15 is 0 Å². The Morgan fingerprint density at radius 3 is 2.47 bits per heavy atom. The third-order valence-electron chi connectivity index (χ3n) is 4.18. The molecule has 0 bridgehead atoms. The highest BCUT2D eigenvalue weighted by Gasteiger charge is 2.35. The van der Waals surface area contributed by atoms with E-state index in [-0.39, 0.29) is 5.60 Å². The molecule has 1 rings (SSSR count). The predicted molar refractivity (Wildman–Crippen MR) is 77.1 cm³/mol. The highest BCUT2D eigenvalue weighted by Crippen LogP contribution is 2.36. The van der Waals surface area contributed by atoms with E-state index in [2.05, 4.69) is 6.92 Å². The van der Waals surface area contributed by atoms with Crippen molar-refractivity contribution in [3.8, 4) is 0 Å². The Labute approximate surface area is 117 Å². The Morgan fingerprint density at radius 2 is 1.95 bits per heavy atom. The zero-order valence-corrected chi connectivity index (χ0v) is 12.6. The molecule has 0 saturated heterocycles. The molecule has 1 unspecified atom stereocenters. The zero-order chi connectivity index (χ0) is 14.1. The smallest absolute Gasteiger partial charge is 0.101 e. The lowest BCUT2D eigenvalue weighted by Crippen LogP contribution is -2.45. The van der Waals surface area contributed by atoms with Crippen LogP contribution in [-0.2, 0) is 9.47 Å². The molecule has 0 aromatic heterocycles. The van der Waals surface area contributed by atoms with Gasteiger partial charge in [-0.15, -0.1) is 0 Å². The van der Waals surface area contributed by atoms with Crippen LogP contribution in [0.4, 0.5) is 0 Å². The third-order valence-corrected chi connectivity index (χ3v) is 4.18. The average Bonchev–Trinajstić information content (AvgIpc) is 2.45. The van der Waals surface area contributed by atoms with Crippen molar-refractivity contribution in [2.75, 3.05) is 26.4 Å².